The first-order valence-corrected chi connectivity index (χ1v) is 7.46. The summed E-state index contributed by atoms with van der Waals surface area (Å²) in [7, 11) is 0. The fourth-order valence-electron chi connectivity index (χ4n) is 2.47. The molecule has 3 rings (SSSR count). The van der Waals surface area contributed by atoms with Gasteiger partial charge >= 0.3 is 0 Å². The molecule has 1 heterocycles. The fourth-order valence-corrected chi connectivity index (χ4v) is 3.28. The van der Waals surface area contributed by atoms with Gasteiger partial charge in [-0.05, 0) is 59.8 Å². The summed E-state index contributed by atoms with van der Waals surface area (Å²) in [5.41, 5.74) is 4.98. The van der Waals surface area contributed by atoms with Gasteiger partial charge in [0.2, 0.25) is 0 Å². The summed E-state index contributed by atoms with van der Waals surface area (Å²) in [5, 5.41) is 3.53. The lowest BCUT2D eigenvalue weighted by molar-refractivity contribution is 0.701. The first-order valence-electron chi connectivity index (χ1n) is 6.66. The van der Waals surface area contributed by atoms with Crippen molar-refractivity contribution in [3.63, 3.8) is 0 Å². The van der Waals surface area contributed by atoms with Gasteiger partial charge in [-0.2, -0.15) is 0 Å². The number of hydrogen-bond donors (Lipinski definition) is 1. The standard InChI is InChI=1S/C15H18BrN3/c1-10-5-11(2)15(14(16)6-10)18-8-13-7-17-9-19(13)12-3-4-12/h5-7,9,12,18H,3-4,8H2,1-2H3. The molecule has 0 aliphatic heterocycles. The highest BCUT2D eigenvalue weighted by atomic mass is 79.9. The highest BCUT2D eigenvalue weighted by Gasteiger charge is 2.25. The Morgan fingerprint density at radius 2 is 2.16 bits per heavy atom. The molecule has 0 bridgehead atoms. The summed E-state index contributed by atoms with van der Waals surface area (Å²) < 4.78 is 3.42. The average Bonchev–Trinajstić information content (AvgIpc) is 3.08. The molecule has 0 atom stereocenters. The molecule has 3 nitrogen and oxygen atoms in total. The van der Waals surface area contributed by atoms with E-state index in [0.717, 1.165) is 11.0 Å². The molecule has 0 saturated heterocycles. The topological polar surface area (TPSA) is 29.9 Å². The Morgan fingerprint density at radius 1 is 1.37 bits per heavy atom. The van der Waals surface area contributed by atoms with Crippen molar-refractivity contribution in [2.45, 2.75) is 39.3 Å². The highest BCUT2D eigenvalue weighted by Crippen LogP contribution is 2.36. The monoisotopic (exact) mass is 319 g/mol. The van der Waals surface area contributed by atoms with Crippen LogP contribution in [0.4, 0.5) is 5.69 Å². The van der Waals surface area contributed by atoms with Crippen molar-refractivity contribution >= 4 is 21.6 Å². The van der Waals surface area contributed by atoms with Crippen LogP contribution in [0.5, 0.6) is 0 Å². The van der Waals surface area contributed by atoms with Crippen molar-refractivity contribution < 1.29 is 0 Å². The van der Waals surface area contributed by atoms with Crippen LogP contribution in [0.25, 0.3) is 0 Å². The van der Waals surface area contributed by atoms with Crippen molar-refractivity contribution in [1.82, 2.24) is 9.55 Å². The van der Waals surface area contributed by atoms with E-state index < -0.39 is 0 Å². The number of aromatic nitrogens is 2. The molecule has 0 amide bonds. The van der Waals surface area contributed by atoms with Crippen molar-refractivity contribution in [2.24, 2.45) is 0 Å². The number of halogens is 1. The van der Waals surface area contributed by atoms with Crippen molar-refractivity contribution in [3.8, 4) is 0 Å². The first kappa shape index (κ1) is 12.7. The maximum absolute atomic E-state index is 4.27. The first-order chi connectivity index (χ1) is 9.15. The van der Waals surface area contributed by atoms with E-state index in [9.17, 15) is 0 Å². The zero-order valence-electron chi connectivity index (χ0n) is 11.3. The van der Waals surface area contributed by atoms with Gasteiger partial charge in [0.1, 0.15) is 0 Å². The van der Waals surface area contributed by atoms with E-state index in [4.69, 9.17) is 0 Å². The van der Waals surface area contributed by atoms with Gasteiger partial charge in [-0.3, -0.25) is 0 Å². The van der Waals surface area contributed by atoms with Crippen LogP contribution in [0.3, 0.4) is 0 Å². The van der Waals surface area contributed by atoms with Gasteiger partial charge in [-0.25, -0.2) is 4.98 Å². The van der Waals surface area contributed by atoms with Crippen LogP contribution in [-0.2, 0) is 6.54 Å². The molecule has 1 N–H and O–H groups in total. The minimum absolute atomic E-state index is 0.682. The maximum Gasteiger partial charge on any atom is 0.0951 e. The molecule has 1 aromatic carbocycles. The summed E-state index contributed by atoms with van der Waals surface area (Å²) in [6.07, 6.45) is 6.49. The molecule has 1 saturated carbocycles. The van der Waals surface area contributed by atoms with Crippen LogP contribution in [0.2, 0.25) is 0 Å². The van der Waals surface area contributed by atoms with Crippen molar-refractivity contribution in [1.29, 1.82) is 0 Å². The Morgan fingerprint density at radius 3 is 2.84 bits per heavy atom. The Bertz CT molecular complexity index is 576. The summed E-state index contributed by atoms with van der Waals surface area (Å²) in [4.78, 5) is 4.27. The van der Waals surface area contributed by atoms with E-state index in [-0.39, 0.29) is 0 Å². The SMILES string of the molecule is Cc1cc(C)c(NCc2cncn2C2CC2)c(Br)c1. The van der Waals surface area contributed by atoms with Gasteiger partial charge in [-0.15, -0.1) is 0 Å². The summed E-state index contributed by atoms with van der Waals surface area (Å²) in [5.74, 6) is 0. The Hall–Kier alpha value is -1.29. The molecule has 1 aliphatic rings. The normalized spacial score (nSPS) is 14.7. The molecule has 2 aromatic rings. The van der Waals surface area contributed by atoms with Gasteiger partial charge in [0.15, 0.2) is 0 Å². The van der Waals surface area contributed by atoms with Crippen LogP contribution in [-0.4, -0.2) is 9.55 Å². The van der Waals surface area contributed by atoms with Crippen molar-refractivity contribution in [3.05, 3.63) is 46.0 Å². The number of rotatable bonds is 4. The van der Waals surface area contributed by atoms with E-state index in [1.54, 1.807) is 0 Å². The van der Waals surface area contributed by atoms with E-state index in [1.807, 2.05) is 12.5 Å². The molecule has 0 unspecified atom stereocenters. The molecule has 0 spiro atoms. The van der Waals surface area contributed by atoms with Gasteiger partial charge in [0.25, 0.3) is 0 Å². The van der Waals surface area contributed by atoms with Crippen molar-refractivity contribution in [2.75, 3.05) is 5.32 Å². The van der Waals surface area contributed by atoms with Crippen LogP contribution in [0.1, 0.15) is 35.7 Å². The maximum atomic E-state index is 4.27. The lowest BCUT2D eigenvalue weighted by atomic mass is 10.1. The lowest BCUT2D eigenvalue weighted by Gasteiger charge is -2.14. The third-order valence-corrected chi connectivity index (χ3v) is 4.19. The number of benzene rings is 1. The third-order valence-electron chi connectivity index (χ3n) is 3.56. The highest BCUT2D eigenvalue weighted by molar-refractivity contribution is 9.10. The minimum atomic E-state index is 0.682. The Balaban J connectivity index is 1.77. The molecule has 19 heavy (non-hydrogen) atoms. The number of nitrogens with zero attached hydrogens (tertiary/aromatic N) is 2. The van der Waals surface area contributed by atoms with Gasteiger partial charge in [0, 0.05) is 16.7 Å². The molecular weight excluding hydrogens is 302 g/mol. The molecule has 1 fully saturated rings. The molecular formula is C15H18BrN3. The van der Waals surface area contributed by atoms with E-state index in [2.05, 4.69) is 56.8 Å². The van der Waals surface area contributed by atoms with Crippen LogP contribution >= 0.6 is 15.9 Å². The molecule has 0 radical (unpaired) electrons. The second-order valence-electron chi connectivity index (χ2n) is 5.32. The Labute approximate surface area is 122 Å². The van der Waals surface area contributed by atoms with E-state index in [0.29, 0.717) is 6.04 Å². The van der Waals surface area contributed by atoms with Gasteiger partial charge < -0.3 is 9.88 Å². The largest absolute Gasteiger partial charge is 0.378 e. The summed E-state index contributed by atoms with van der Waals surface area (Å²) in [6.45, 7) is 5.07. The molecule has 100 valence electrons. The molecule has 1 aromatic heterocycles. The number of hydrogen-bond acceptors (Lipinski definition) is 2. The van der Waals surface area contributed by atoms with Crippen LogP contribution in [0, 0.1) is 13.8 Å². The second-order valence-corrected chi connectivity index (χ2v) is 6.17. The molecule has 1 aliphatic carbocycles. The number of aryl methyl sites for hydroxylation is 2. The zero-order valence-corrected chi connectivity index (χ0v) is 12.9. The Kier molecular flexibility index (Phi) is 3.35. The predicted molar refractivity (Wildman–Crippen MR) is 81.4 cm³/mol. The van der Waals surface area contributed by atoms with E-state index in [1.165, 1.54) is 35.3 Å². The van der Waals surface area contributed by atoms with E-state index >= 15 is 0 Å². The average molecular weight is 320 g/mol. The quantitative estimate of drug-likeness (QED) is 0.914. The fraction of sp³-hybridized carbons (Fsp3) is 0.400. The third kappa shape index (κ3) is 2.68. The predicted octanol–water partition coefficient (Wildman–Crippen LogP) is 4.21. The smallest absolute Gasteiger partial charge is 0.0951 e. The van der Waals surface area contributed by atoms with Gasteiger partial charge in [0.05, 0.1) is 24.3 Å². The number of anilines is 1. The number of nitrogens with one attached hydrogen (secondary N) is 1. The van der Waals surface area contributed by atoms with Crippen LogP contribution in [0.15, 0.2) is 29.1 Å². The summed E-state index contributed by atoms with van der Waals surface area (Å²) >= 11 is 3.64. The lowest BCUT2D eigenvalue weighted by Crippen LogP contribution is -2.07. The summed E-state index contributed by atoms with van der Waals surface area (Å²) in [6, 6.07) is 5.03. The second kappa shape index (κ2) is 5.00. The molecule has 4 heteroatoms. The number of imidazole rings is 1. The van der Waals surface area contributed by atoms with Crippen LogP contribution < -0.4 is 5.32 Å². The van der Waals surface area contributed by atoms with Gasteiger partial charge in [-0.1, -0.05) is 6.07 Å². The zero-order chi connectivity index (χ0) is 13.4. The minimum Gasteiger partial charge on any atom is -0.378 e.